The highest BCUT2D eigenvalue weighted by atomic mass is 16.2. The number of hydrogen-bond acceptors (Lipinski definition) is 6. The van der Waals surface area contributed by atoms with E-state index >= 15 is 0 Å². The first-order chi connectivity index (χ1) is 20.3. The molecule has 4 rings (SSSR count). The molecule has 0 radical (unpaired) electrons. The normalized spacial score (nSPS) is 17.9. The minimum atomic E-state index is -0.699. The van der Waals surface area contributed by atoms with Crippen molar-refractivity contribution in [3.8, 4) is 0 Å². The molecule has 1 aliphatic rings. The second-order valence-corrected chi connectivity index (χ2v) is 12.6. The van der Waals surface area contributed by atoms with Crippen LogP contribution in [0.15, 0.2) is 73.1 Å². The molecule has 0 spiro atoms. The molecule has 3 N–H and O–H groups in total. The van der Waals surface area contributed by atoms with Crippen molar-refractivity contribution in [3.05, 3.63) is 95.6 Å². The molecule has 0 bridgehead atoms. The SMILES string of the molecule is CC(C)(C)C1CCC(NC(=O)C(CCCNCc2ccccn2)C(=O)c2ccc(CNCc3ccccn3)cc2)CC1. The molecule has 1 saturated carbocycles. The Morgan fingerprint density at radius 2 is 1.43 bits per heavy atom. The average molecular weight is 570 g/mol. The van der Waals surface area contributed by atoms with Gasteiger partial charge in [0.2, 0.25) is 5.91 Å². The lowest BCUT2D eigenvalue weighted by molar-refractivity contribution is -0.124. The maximum absolute atomic E-state index is 13.7. The van der Waals surface area contributed by atoms with Crippen LogP contribution in [0.5, 0.6) is 0 Å². The van der Waals surface area contributed by atoms with Crippen molar-refractivity contribution in [2.24, 2.45) is 17.3 Å². The first kappa shape index (κ1) is 31.5. The summed E-state index contributed by atoms with van der Waals surface area (Å²) in [5, 5.41) is 10.0. The van der Waals surface area contributed by atoms with Crippen LogP contribution >= 0.6 is 0 Å². The molecule has 3 aromatic rings. The summed E-state index contributed by atoms with van der Waals surface area (Å²) in [4.78, 5) is 35.9. The highest BCUT2D eigenvalue weighted by molar-refractivity contribution is 6.10. The van der Waals surface area contributed by atoms with Crippen LogP contribution in [0.2, 0.25) is 0 Å². The maximum Gasteiger partial charge on any atom is 0.231 e. The Morgan fingerprint density at radius 1 is 0.810 bits per heavy atom. The smallest absolute Gasteiger partial charge is 0.231 e. The Labute approximate surface area is 251 Å². The van der Waals surface area contributed by atoms with Gasteiger partial charge in [0.15, 0.2) is 5.78 Å². The number of carbonyl (C=O) groups is 2. The predicted molar refractivity (Wildman–Crippen MR) is 168 cm³/mol. The van der Waals surface area contributed by atoms with Gasteiger partial charge in [0.25, 0.3) is 0 Å². The number of ketones is 1. The highest BCUT2D eigenvalue weighted by Gasteiger charge is 2.33. The number of carbonyl (C=O) groups excluding carboxylic acids is 2. The van der Waals surface area contributed by atoms with Crippen LogP contribution in [-0.2, 0) is 24.4 Å². The molecule has 42 heavy (non-hydrogen) atoms. The molecule has 224 valence electrons. The van der Waals surface area contributed by atoms with Crippen LogP contribution in [0.1, 0.15) is 86.6 Å². The van der Waals surface area contributed by atoms with E-state index in [1.54, 1.807) is 12.4 Å². The van der Waals surface area contributed by atoms with Gasteiger partial charge in [-0.05, 0) is 86.2 Å². The van der Waals surface area contributed by atoms with Crippen LogP contribution in [0.4, 0.5) is 0 Å². The minimum absolute atomic E-state index is 0.103. The lowest BCUT2D eigenvalue weighted by Gasteiger charge is -2.37. The highest BCUT2D eigenvalue weighted by Crippen LogP contribution is 2.37. The van der Waals surface area contributed by atoms with Crippen LogP contribution in [0.25, 0.3) is 0 Å². The Hall–Kier alpha value is -3.42. The van der Waals surface area contributed by atoms with Crippen LogP contribution in [0, 0.1) is 17.3 Å². The van der Waals surface area contributed by atoms with Crippen LogP contribution in [-0.4, -0.2) is 34.2 Å². The van der Waals surface area contributed by atoms with Gasteiger partial charge in [-0.25, -0.2) is 0 Å². The molecule has 1 aromatic carbocycles. The third kappa shape index (κ3) is 9.85. The molecule has 1 aliphatic carbocycles. The van der Waals surface area contributed by atoms with Gasteiger partial charge in [-0.2, -0.15) is 0 Å². The van der Waals surface area contributed by atoms with E-state index in [1.807, 2.05) is 60.7 Å². The van der Waals surface area contributed by atoms with Crippen molar-refractivity contribution >= 4 is 11.7 Å². The van der Waals surface area contributed by atoms with E-state index in [0.29, 0.717) is 44.1 Å². The van der Waals surface area contributed by atoms with E-state index in [-0.39, 0.29) is 23.1 Å². The molecule has 1 atom stereocenters. The first-order valence-corrected chi connectivity index (χ1v) is 15.4. The number of nitrogens with zero attached hydrogens (tertiary/aromatic N) is 2. The molecule has 7 heteroatoms. The summed E-state index contributed by atoms with van der Waals surface area (Å²) < 4.78 is 0. The number of hydrogen-bond donors (Lipinski definition) is 3. The molecule has 1 amide bonds. The van der Waals surface area contributed by atoms with E-state index < -0.39 is 5.92 Å². The first-order valence-electron chi connectivity index (χ1n) is 15.4. The number of amides is 1. The molecular weight excluding hydrogens is 522 g/mol. The number of benzene rings is 1. The molecular formula is C35H47N5O2. The number of pyridine rings is 2. The van der Waals surface area contributed by atoms with Crippen LogP contribution < -0.4 is 16.0 Å². The summed E-state index contributed by atoms with van der Waals surface area (Å²) in [7, 11) is 0. The fourth-order valence-corrected chi connectivity index (χ4v) is 5.76. The predicted octanol–water partition coefficient (Wildman–Crippen LogP) is 5.86. The van der Waals surface area contributed by atoms with Crippen molar-refractivity contribution in [2.45, 2.75) is 85.0 Å². The quantitative estimate of drug-likeness (QED) is 0.128. The second-order valence-electron chi connectivity index (χ2n) is 12.6. The van der Waals surface area contributed by atoms with Gasteiger partial charge < -0.3 is 16.0 Å². The monoisotopic (exact) mass is 569 g/mol. The van der Waals surface area contributed by atoms with Gasteiger partial charge in [-0.1, -0.05) is 57.2 Å². The van der Waals surface area contributed by atoms with Crippen molar-refractivity contribution in [2.75, 3.05) is 6.54 Å². The molecule has 0 saturated heterocycles. The van der Waals surface area contributed by atoms with E-state index in [2.05, 4.69) is 46.7 Å². The van der Waals surface area contributed by atoms with E-state index in [0.717, 1.165) is 49.1 Å². The summed E-state index contributed by atoms with van der Waals surface area (Å²) >= 11 is 0. The summed E-state index contributed by atoms with van der Waals surface area (Å²) in [5.41, 5.74) is 3.91. The third-order valence-electron chi connectivity index (χ3n) is 8.41. The Morgan fingerprint density at radius 3 is 2.00 bits per heavy atom. The molecule has 7 nitrogen and oxygen atoms in total. The molecule has 0 aliphatic heterocycles. The second kappa shape index (κ2) is 15.7. The van der Waals surface area contributed by atoms with Crippen molar-refractivity contribution < 1.29 is 9.59 Å². The number of rotatable bonds is 14. The molecule has 1 fully saturated rings. The standard InChI is InChI=1S/C35H47N5O2/c1-35(2,3)28-16-18-29(19-17-28)40-34(42)32(11-8-20-36-24-30-9-4-6-21-38-30)33(41)27-14-12-26(13-15-27)23-37-25-31-10-5-7-22-39-31/h4-7,9-10,12-15,21-22,28-29,32,36-37H,8,11,16-20,23-25H2,1-3H3,(H,40,42). The maximum atomic E-state index is 13.7. The molecule has 2 heterocycles. The summed E-state index contributed by atoms with van der Waals surface area (Å²) in [6, 6.07) is 19.5. The van der Waals surface area contributed by atoms with E-state index in [1.165, 1.54) is 0 Å². The Bertz CT molecular complexity index is 1230. The molecule has 1 unspecified atom stereocenters. The fourth-order valence-electron chi connectivity index (χ4n) is 5.76. The summed E-state index contributed by atoms with van der Waals surface area (Å²) in [5.74, 6) is -0.265. The van der Waals surface area contributed by atoms with E-state index in [4.69, 9.17) is 0 Å². The number of aromatic nitrogens is 2. The Kier molecular flexibility index (Phi) is 11.8. The largest absolute Gasteiger partial charge is 0.353 e. The zero-order chi connectivity index (χ0) is 29.8. The average Bonchev–Trinajstić information content (AvgIpc) is 3.00. The van der Waals surface area contributed by atoms with E-state index in [9.17, 15) is 9.59 Å². The number of nitrogens with one attached hydrogen (secondary N) is 3. The lowest BCUT2D eigenvalue weighted by Crippen LogP contribution is -2.44. The van der Waals surface area contributed by atoms with Crippen molar-refractivity contribution in [1.82, 2.24) is 25.9 Å². The van der Waals surface area contributed by atoms with Gasteiger partial charge in [0.05, 0.1) is 11.4 Å². The zero-order valence-electron chi connectivity index (χ0n) is 25.4. The van der Waals surface area contributed by atoms with Gasteiger partial charge in [0.1, 0.15) is 5.92 Å². The third-order valence-corrected chi connectivity index (χ3v) is 8.41. The lowest BCUT2D eigenvalue weighted by atomic mass is 9.71. The topological polar surface area (TPSA) is 96.0 Å². The Balaban J connectivity index is 1.33. The number of Topliss-reactive ketones (excluding diaryl/α,β-unsaturated/α-hetero) is 1. The van der Waals surface area contributed by atoms with Gasteiger partial charge in [0, 0.05) is 43.6 Å². The van der Waals surface area contributed by atoms with Gasteiger partial charge >= 0.3 is 0 Å². The minimum Gasteiger partial charge on any atom is -0.353 e. The van der Waals surface area contributed by atoms with Crippen LogP contribution in [0.3, 0.4) is 0 Å². The summed E-state index contributed by atoms with van der Waals surface area (Å²) in [6.45, 7) is 9.63. The summed E-state index contributed by atoms with van der Waals surface area (Å²) in [6.07, 6.45) is 8.97. The molecule has 2 aromatic heterocycles. The van der Waals surface area contributed by atoms with Crippen molar-refractivity contribution in [1.29, 1.82) is 0 Å². The van der Waals surface area contributed by atoms with Gasteiger partial charge in [-0.15, -0.1) is 0 Å². The van der Waals surface area contributed by atoms with Gasteiger partial charge in [-0.3, -0.25) is 19.6 Å². The fraction of sp³-hybridized carbons (Fsp3) is 0.486. The zero-order valence-corrected chi connectivity index (χ0v) is 25.4. The van der Waals surface area contributed by atoms with Crippen molar-refractivity contribution in [3.63, 3.8) is 0 Å².